The van der Waals surface area contributed by atoms with Crippen LogP contribution >= 0.6 is 0 Å². The fraction of sp³-hybridized carbons (Fsp3) is 0.167. The van der Waals surface area contributed by atoms with Gasteiger partial charge in [-0.1, -0.05) is 6.07 Å². The second kappa shape index (κ2) is 6.54. The van der Waals surface area contributed by atoms with Crippen LogP contribution in [0.25, 0.3) is 17.0 Å². The second-order valence-corrected chi connectivity index (χ2v) is 5.55. The molecular weight excluding hydrogens is 300 g/mol. The van der Waals surface area contributed by atoms with Gasteiger partial charge in [-0.2, -0.15) is 5.10 Å². The third-order valence-corrected chi connectivity index (χ3v) is 3.93. The Balaban J connectivity index is 1.46. The molecule has 0 saturated carbocycles. The molecule has 4 aromatic heterocycles. The summed E-state index contributed by atoms with van der Waals surface area (Å²) < 4.78 is 4.09. The third kappa shape index (κ3) is 2.86. The summed E-state index contributed by atoms with van der Waals surface area (Å²) in [6, 6.07) is 12.1. The number of hydrogen-bond acceptors (Lipinski definition) is 4. The Morgan fingerprint density at radius 2 is 2.00 bits per heavy atom. The molecular formula is C18H18N6. The largest absolute Gasteiger partial charge is 0.384 e. The van der Waals surface area contributed by atoms with Gasteiger partial charge in [0.25, 0.3) is 0 Å². The minimum atomic E-state index is 0.884. The lowest BCUT2D eigenvalue weighted by atomic mass is 10.3. The Kier molecular flexibility index (Phi) is 3.93. The second-order valence-electron chi connectivity index (χ2n) is 5.55. The van der Waals surface area contributed by atoms with Gasteiger partial charge in [-0.05, 0) is 36.8 Å². The van der Waals surface area contributed by atoms with E-state index >= 15 is 0 Å². The number of nitrogens with zero attached hydrogens (tertiary/aromatic N) is 5. The molecule has 6 nitrogen and oxygen atoms in total. The van der Waals surface area contributed by atoms with Crippen LogP contribution in [0.15, 0.2) is 67.4 Å². The predicted molar refractivity (Wildman–Crippen MR) is 93.8 cm³/mol. The number of aryl methyl sites for hydroxylation is 1. The van der Waals surface area contributed by atoms with E-state index < -0.39 is 0 Å². The standard InChI is InChI=1S/C18H18N6/c1-5-16-7-10-22-24(16)17(6-1)18-21-11-13-23(18)12-3-9-20-15-4-2-8-19-14-15/h1-2,4-8,10-11,13-14,20H,3,9,12H2. The highest BCUT2D eigenvalue weighted by atomic mass is 15.2. The highest BCUT2D eigenvalue weighted by Gasteiger charge is 2.10. The SMILES string of the molecule is c1cncc(NCCCn2ccnc2-c2cccc3ccnn23)c1. The molecule has 0 fully saturated rings. The summed E-state index contributed by atoms with van der Waals surface area (Å²) in [6.07, 6.45) is 10.3. The molecule has 120 valence electrons. The Bertz CT molecular complexity index is 925. The molecule has 6 heteroatoms. The monoisotopic (exact) mass is 318 g/mol. The van der Waals surface area contributed by atoms with E-state index in [0.29, 0.717) is 0 Å². The van der Waals surface area contributed by atoms with E-state index in [-0.39, 0.29) is 0 Å². The molecule has 1 N–H and O–H groups in total. The Hall–Kier alpha value is -3.15. The van der Waals surface area contributed by atoms with E-state index in [9.17, 15) is 0 Å². The molecule has 24 heavy (non-hydrogen) atoms. The first-order chi connectivity index (χ1) is 11.9. The summed E-state index contributed by atoms with van der Waals surface area (Å²) in [5, 5.41) is 7.77. The van der Waals surface area contributed by atoms with E-state index in [1.165, 1.54) is 0 Å². The average Bonchev–Trinajstić information content (AvgIpc) is 3.28. The first kappa shape index (κ1) is 14.4. The van der Waals surface area contributed by atoms with Gasteiger partial charge in [-0.15, -0.1) is 0 Å². The van der Waals surface area contributed by atoms with Crippen molar-refractivity contribution in [1.82, 2.24) is 24.1 Å². The van der Waals surface area contributed by atoms with Crippen molar-refractivity contribution in [3.8, 4) is 11.5 Å². The molecule has 0 aliphatic heterocycles. The zero-order valence-electron chi connectivity index (χ0n) is 13.2. The van der Waals surface area contributed by atoms with Gasteiger partial charge in [0, 0.05) is 37.9 Å². The molecule has 0 aliphatic carbocycles. The van der Waals surface area contributed by atoms with Crippen LogP contribution in [0.4, 0.5) is 5.69 Å². The van der Waals surface area contributed by atoms with Crippen molar-refractivity contribution < 1.29 is 0 Å². The fourth-order valence-corrected chi connectivity index (χ4v) is 2.79. The minimum Gasteiger partial charge on any atom is -0.384 e. The summed E-state index contributed by atoms with van der Waals surface area (Å²) in [4.78, 5) is 8.63. The number of rotatable bonds is 6. The number of fused-ring (bicyclic) bond motifs is 1. The van der Waals surface area contributed by atoms with Gasteiger partial charge < -0.3 is 9.88 Å². The summed E-state index contributed by atoms with van der Waals surface area (Å²) in [5.74, 6) is 0.936. The van der Waals surface area contributed by atoms with Crippen LogP contribution in [0, 0.1) is 0 Å². The van der Waals surface area contributed by atoms with Crippen LogP contribution in [0.1, 0.15) is 6.42 Å². The van der Waals surface area contributed by atoms with Crippen molar-refractivity contribution >= 4 is 11.2 Å². The van der Waals surface area contributed by atoms with Crippen molar-refractivity contribution in [2.75, 3.05) is 11.9 Å². The van der Waals surface area contributed by atoms with E-state index in [1.54, 1.807) is 6.20 Å². The van der Waals surface area contributed by atoms with Crippen molar-refractivity contribution in [1.29, 1.82) is 0 Å². The van der Waals surface area contributed by atoms with Crippen LogP contribution in [0.5, 0.6) is 0 Å². The van der Waals surface area contributed by atoms with Crippen molar-refractivity contribution in [3.63, 3.8) is 0 Å². The van der Waals surface area contributed by atoms with E-state index in [4.69, 9.17) is 0 Å². The van der Waals surface area contributed by atoms with E-state index in [0.717, 1.165) is 42.2 Å². The van der Waals surface area contributed by atoms with Gasteiger partial charge in [0.2, 0.25) is 0 Å². The molecule has 0 spiro atoms. The maximum absolute atomic E-state index is 4.52. The molecule has 0 aliphatic rings. The van der Waals surface area contributed by atoms with Gasteiger partial charge >= 0.3 is 0 Å². The molecule has 4 aromatic rings. The van der Waals surface area contributed by atoms with Gasteiger partial charge in [-0.25, -0.2) is 9.50 Å². The molecule has 0 atom stereocenters. The average molecular weight is 318 g/mol. The zero-order valence-corrected chi connectivity index (χ0v) is 13.2. The number of nitrogens with one attached hydrogen (secondary N) is 1. The van der Waals surface area contributed by atoms with Gasteiger partial charge in [0.15, 0.2) is 5.82 Å². The summed E-state index contributed by atoms with van der Waals surface area (Å²) in [6.45, 7) is 1.77. The lowest BCUT2D eigenvalue weighted by Crippen LogP contribution is -2.08. The number of hydrogen-bond donors (Lipinski definition) is 1. The highest BCUT2D eigenvalue weighted by Crippen LogP contribution is 2.19. The van der Waals surface area contributed by atoms with Gasteiger partial charge in [0.05, 0.1) is 17.4 Å². The number of aromatic nitrogens is 5. The van der Waals surface area contributed by atoms with E-state index in [2.05, 4.69) is 25.0 Å². The molecule has 4 rings (SSSR count). The zero-order chi connectivity index (χ0) is 16.2. The van der Waals surface area contributed by atoms with Crippen LogP contribution in [0.2, 0.25) is 0 Å². The van der Waals surface area contributed by atoms with Crippen molar-refractivity contribution in [2.24, 2.45) is 0 Å². The van der Waals surface area contributed by atoms with Crippen molar-refractivity contribution in [2.45, 2.75) is 13.0 Å². The molecule has 0 aromatic carbocycles. The third-order valence-electron chi connectivity index (χ3n) is 3.93. The maximum atomic E-state index is 4.52. The lowest BCUT2D eigenvalue weighted by molar-refractivity contribution is 0.664. The van der Waals surface area contributed by atoms with Crippen LogP contribution in [-0.2, 0) is 6.54 Å². The first-order valence-electron chi connectivity index (χ1n) is 8.00. The lowest BCUT2D eigenvalue weighted by Gasteiger charge is -2.10. The fourth-order valence-electron chi connectivity index (χ4n) is 2.79. The summed E-state index contributed by atoms with van der Waals surface area (Å²) in [5.41, 5.74) is 3.12. The maximum Gasteiger partial charge on any atom is 0.158 e. The van der Waals surface area contributed by atoms with E-state index in [1.807, 2.05) is 65.7 Å². The van der Waals surface area contributed by atoms with Crippen molar-refractivity contribution in [3.05, 3.63) is 67.4 Å². The molecule has 0 saturated heterocycles. The Labute approximate surface area is 139 Å². The minimum absolute atomic E-state index is 0.884. The summed E-state index contributed by atoms with van der Waals surface area (Å²) >= 11 is 0. The van der Waals surface area contributed by atoms with Gasteiger partial charge in [0.1, 0.15) is 5.69 Å². The summed E-state index contributed by atoms with van der Waals surface area (Å²) in [7, 11) is 0. The molecule has 0 radical (unpaired) electrons. The Morgan fingerprint density at radius 1 is 1.00 bits per heavy atom. The smallest absolute Gasteiger partial charge is 0.158 e. The highest BCUT2D eigenvalue weighted by molar-refractivity contribution is 5.58. The van der Waals surface area contributed by atoms with Crippen LogP contribution < -0.4 is 5.32 Å². The molecule has 0 unspecified atom stereocenters. The van der Waals surface area contributed by atoms with Gasteiger partial charge in [-0.3, -0.25) is 4.98 Å². The normalized spacial score (nSPS) is 11.0. The molecule has 4 heterocycles. The predicted octanol–water partition coefficient (Wildman–Crippen LogP) is 3.10. The Morgan fingerprint density at radius 3 is 2.92 bits per heavy atom. The number of pyridine rings is 2. The molecule has 0 amide bonds. The number of imidazole rings is 1. The first-order valence-corrected chi connectivity index (χ1v) is 8.00. The molecule has 0 bridgehead atoms. The number of anilines is 1. The van der Waals surface area contributed by atoms with Crippen LogP contribution in [0.3, 0.4) is 0 Å². The topological polar surface area (TPSA) is 60.0 Å². The quantitative estimate of drug-likeness (QED) is 0.555. The van der Waals surface area contributed by atoms with Crippen LogP contribution in [-0.4, -0.2) is 30.7 Å².